The van der Waals surface area contributed by atoms with Crippen molar-refractivity contribution in [2.45, 2.75) is 25.7 Å². The number of carbonyl (C=O) groups excluding carboxylic acids is 2. The number of imide groups is 1. The van der Waals surface area contributed by atoms with Crippen molar-refractivity contribution in [3.05, 3.63) is 42.0 Å². The smallest absolute Gasteiger partial charge is 0.229 e. The number of hydrogen-bond acceptors (Lipinski definition) is 3. The summed E-state index contributed by atoms with van der Waals surface area (Å²) in [6.45, 7) is 0.461. The highest BCUT2D eigenvalue weighted by atomic mass is 16.5. The van der Waals surface area contributed by atoms with Crippen LogP contribution in [0.15, 0.2) is 36.4 Å². The van der Waals surface area contributed by atoms with Gasteiger partial charge in [0.1, 0.15) is 5.75 Å². The van der Waals surface area contributed by atoms with E-state index in [-0.39, 0.29) is 11.8 Å². The number of rotatable bonds is 4. The third-order valence-corrected chi connectivity index (χ3v) is 4.17. The summed E-state index contributed by atoms with van der Waals surface area (Å²) in [6, 6.07) is 12.0. The van der Waals surface area contributed by atoms with Crippen molar-refractivity contribution in [3.8, 4) is 5.75 Å². The first kappa shape index (κ1) is 14.6. The molecule has 2 aromatic rings. The van der Waals surface area contributed by atoms with Crippen LogP contribution in [0.25, 0.3) is 10.8 Å². The molecule has 2 amide bonds. The standard InChI is InChI=1S/C18H19NO3/c1-22-15-8-9-16-13(4-2-5-14(16)12-15)10-11-19-17(20)6-3-7-18(19)21/h2,4-5,8-9,12H,3,6-7,10-11H2,1H3. The number of benzene rings is 2. The van der Waals surface area contributed by atoms with Crippen molar-refractivity contribution in [3.63, 3.8) is 0 Å². The molecule has 22 heavy (non-hydrogen) atoms. The first-order valence-corrected chi connectivity index (χ1v) is 7.58. The van der Waals surface area contributed by atoms with Crippen LogP contribution in [-0.2, 0) is 16.0 Å². The summed E-state index contributed by atoms with van der Waals surface area (Å²) in [4.78, 5) is 25.1. The molecule has 0 N–H and O–H groups in total. The van der Waals surface area contributed by atoms with Gasteiger partial charge in [-0.25, -0.2) is 0 Å². The van der Waals surface area contributed by atoms with E-state index < -0.39 is 0 Å². The van der Waals surface area contributed by atoms with Crippen LogP contribution in [0.2, 0.25) is 0 Å². The number of fused-ring (bicyclic) bond motifs is 1. The number of piperidine rings is 1. The molecule has 0 bridgehead atoms. The molecule has 0 unspecified atom stereocenters. The van der Waals surface area contributed by atoms with Gasteiger partial charge in [0, 0.05) is 19.4 Å². The highest BCUT2D eigenvalue weighted by molar-refractivity contribution is 5.97. The van der Waals surface area contributed by atoms with E-state index in [1.807, 2.05) is 36.4 Å². The van der Waals surface area contributed by atoms with E-state index in [9.17, 15) is 9.59 Å². The van der Waals surface area contributed by atoms with Crippen molar-refractivity contribution >= 4 is 22.6 Å². The Kier molecular flexibility index (Phi) is 4.09. The normalized spacial score (nSPS) is 15.4. The molecule has 0 aliphatic carbocycles. The van der Waals surface area contributed by atoms with Crippen LogP contribution >= 0.6 is 0 Å². The molecule has 3 rings (SSSR count). The van der Waals surface area contributed by atoms with Gasteiger partial charge in [0.05, 0.1) is 7.11 Å². The van der Waals surface area contributed by atoms with Gasteiger partial charge in [-0.15, -0.1) is 0 Å². The first-order valence-electron chi connectivity index (χ1n) is 7.58. The minimum Gasteiger partial charge on any atom is -0.497 e. The largest absolute Gasteiger partial charge is 0.497 e. The summed E-state index contributed by atoms with van der Waals surface area (Å²) in [5.74, 6) is 0.738. The Morgan fingerprint density at radius 3 is 2.59 bits per heavy atom. The Morgan fingerprint density at radius 2 is 1.86 bits per heavy atom. The summed E-state index contributed by atoms with van der Waals surface area (Å²) >= 11 is 0. The predicted molar refractivity (Wildman–Crippen MR) is 84.8 cm³/mol. The number of ether oxygens (including phenoxy) is 1. The fourth-order valence-electron chi connectivity index (χ4n) is 2.96. The number of carbonyl (C=O) groups is 2. The molecule has 1 aliphatic heterocycles. The van der Waals surface area contributed by atoms with E-state index in [0.29, 0.717) is 32.2 Å². The maximum Gasteiger partial charge on any atom is 0.229 e. The number of amides is 2. The van der Waals surface area contributed by atoms with Gasteiger partial charge in [-0.1, -0.05) is 24.3 Å². The molecule has 1 aliphatic rings. The van der Waals surface area contributed by atoms with Crippen LogP contribution < -0.4 is 4.74 Å². The second kappa shape index (κ2) is 6.18. The van der Waals surface area contributed by atoms with Crippen LogP contribution in [0, 0.1) is 0 Å². The SMILES string of the molecule is COc1ccc2c(CCN3C(=O)CCCC3=O)cccc2c1. The molecule has 1 saturated heterocycles. The third kappa shape index (κ3) is 2.82. The summed E-state index contributed by atoms with van der Waals surface area (Å²) in [5.41, 5.74) is 1.14. The van der Waals surface area contributed by atoms with E-state index >= 15 is 0 Å². The summed E-state index contributed by atoms with van der Waals surface area (Å²) in [7, 11) is 1.65. The fraction of sp³-hybridized carbons (Fsp3) is 0.333. The lowest BCUT2D eigenvalue weighted by atomic mass is 10.0. The van der Waals surface area contributed by atoms with E-state index in [0.717, 1.165) is 22.1 Å². The zero-order valence-corrected chi connectivity index (χ0v) is 12.7. The van der Waals surface area contributed by atoms with E-state index in [1.54, 1.807) is 7.11 Å². The van der Waals surface area contributed by atoms with E-state index in [2.05, 4.69) is 0 Å². The highest BCUT2D eigenvalue weighted by Crippen LogP contribution is 2.24. The Hall–Kier alpha value is -2.36. The molecular weight excluding hydrogens is 278 g/mol. The van der Waals surface area contributed by atoms with Gasteiger partial charge in [0.2, 0.25) is 11.8 Å². The maximum atomic E-state index is 11.9. The predicted octanol–water partition coefficient (Wildman–Crippen LogP) is 2.93. The van der Waals surface area contributed by atoms with Crippen LogP contribution in [-0.4, -0.2) is 30.4 Å². The first-order chi connectivity index (χ1) is 10.7. The van der Waals surface area contributed by atoms with Crippen molar-refractivity contribution in [2.24, 2.45) is 0 Å². The lowest BCUT2D eigenvalue weighted by Gasteiger charge is -2.25. The molecule has 114 valence electrons. The van der Waals surface area contributed by atoms with Crippen molar-refractivity contribution in [2.75, 3.05) is 13.7 Å². The zero-order chi connectivity index (χ0) is 15.5. The van der Waals surface area contributed by atoms with Crippen molar-refractivity contribution < 1.29 is 14.3 Å². The molecule has 0 atom stereocenters. The second-order valence-corrected chi connectivity index (χ2v) is 5.55. The average Bonchev–Trinajstić information content (AvgIpc) is 2.54. The Bertz CT molecular complexity index is 707. The fourth-order valence-corrected chi connectivity index (χ4v) is 2.96. The van der Waals surface area contributed by atoms with Gasteiger partial charge in [-0.2, -0.15) is 0 Å². The lowest BCUT2D eigenvalue weighted by Crippen LogP contribution is -2.41. The van der Waals surface area contributed by atoms with Crippen LogP contribution in [0.1, 0.15) is 24.8 Å². The second-order valence-electron chi connectivity index (χ2n) is 5.55. The van der Waals surface area contributed by atoms with Crippen molar-refractivity contribution in [1.29, 1.82) is 0 Å². The monoisotopic (exact) mass is 297 g/mol. The number of hydrogen-bond donors (Lipinski definition) is 0. The third-order valence-electron chi connectivity index (χ3n) is 4.17. The Morgan fingerprint density at radius 1 is 1.09 bits per heavy atom. The molecule has 0 spiro atoms. The average molecular weight is 297 g/mol. The molecule has 0 saturated carbocycles. The van der Waals surface area contributed by atoms with Gasteiger partial charge in [-0.05, 0) is 41.3 Å². The maximum absolute atomic E-state index is 11.9. The molecule has 0 aromatic heterocycles. The molecule has 1 fully saturated rings. The Balaban J connectivity index is 1.82. The number of nitrogens with zero attached hydrogens (tertiary/aromatic N) is 1. The number of methoxy groups -OCH3 is 1. The minimum absolute atomic E-state index is 0.0434. The van der Waals surface area contributed by atoms with Gasteiger partial charge in [0.15, 0.2) is 0 Å². The molecule has 1 heterocycles. The Labute approximate surface area is 129 Å². The minimum atomic E-state index is -0.0434. The quantitative estimate of drug-likeness (QED) is 0.815. The lowest BCUT2D eigenvalue weighted by molar-refractivity contribution is -0.147. The molecule has 2 aromatic carbocycles. The van der Waals surface area contributed by atoms with E-state index in [1.165, 1.54) is 4.90 Å². The molecule has 4 nitrogen and oxygen atoms in total. The number of likely N-dealkylation sites (tertiary alicyclic amines) is 1. The van der Waals surface area contributed by atoms with Crippen LogP contribution in [0.5, 0.6) is 5.75 Å². The molecule has 0 radical (unpaired) electrons. The van der Waals surface area contributed by atoms with Gasteiger partial charge >= 0.3 is 0 Å². The van der Waals surface area contributed by atoms with Crippen LogP contribution in [0.3, 0.4) is 0 Å². The highest BCUT2D eigenvalue weighted by Gasteiger charge is 2.25. The topological polar surface area (TPSA) is 46.6 Å². The van der Waals surface area contributed by atoms with E-state index in [4.69, 9.17) is 4.74 Å². The summed E-state index contributed by atoms with van der Waals surface area (Å²) < 4.78 is 5.25. The summed E-state index contributed by atoms with van der Waals surface area (Å²) in [6.07, 6.45) is 2.33. The van der Waals surface area contributed by atoms with Crippen molar-refractivity contribution in [1.82, 2.24) is 4.90 Å². The van der Waals surface area contributed by atoms with Gasteiger partial charge in [0.25, 0.3) is 0 Å². The zero-order valence-electron chi connectivity index (χ0n) is 12.7. The van der Waals surface area contributed by atoms with Crippen LogP contribution in [0.4, 0.5) is 0 Å². The summed E-state index contributed by atoms with van der Waals surface area (Å²) in [5, 5.41) is 2.24. The molecule has 4 heteroatoms. The molecular formula is C18H19NO3. The van der Waals surface area contributed by atoms with Gasteiger partial charge < -0.3 is 4.74 Å². The van der Waals surface area contributed by atoms with Gasteiger partial charge in [-0.3, -0.25) is 14.5 Å².